The highest BCUT2D eigenvalue weighted by Crippen LogP contribution is 2.27. The molecule has 21 heavy (non-hydrogen) atoms. The molecule has 2 aromatic rings. The van der Waals surface area contributed by atoms with Crippen molar-refractivity contribution < 1.29 is 9.53 Å². The van der Waals surface area contributed by atoms with Crippen molar-refractivity contribution in [3.63, 3.8) is 0 Å². The Kier molecular flexibility index (Phi) is 3.76. The van der Waals surface area contributed by atoms with Crippen molar-refractivity contribution in [1.29, 1.82) is 0 Å². The fraction of sp³-hybridized carbons (Fsp3) is 0.467. The summed E-state index contributed by atoms with van der Waals surface area (Å²) in [6.07, 6.45) is 2.14. The van der Waals surface area contributed by atoms with Gasteiger partial charge in [0.15, 0.2) is 0 Å². The van der Waals surface area contributed by atoms with Crippen LogP contribution in [0.15, 0.2) is 18.2 Å². The van der Waals surface area contributed by atoms with E-state index in [-0.39, 0.29) is 17.8 Å². The van der Waals surface area contributed by atoms with E-state index in [2.05, 4.69) is 10.3 Å². The standard InChI is InChI=1S/C15H18ClN3O2/c1-9(15(20)17-10-3-4-10)19-13-7-11(21-2)5-6-12(13)18-14(19)8-16/h5-7,9-10H,3-4,8H2,1-2H3,(H,17,20). The van der Waals surface area contributed by atoms with Gasteiger partial charge >= 0.3 is 0 Å². The summed E-state index contributed by atoms with van der Waals surface area (Å²) in [6, 6.07) is 5.61. The van der Waals surface area contributed by atoms with Gasteiger partial charge in [-0.05, 0) is 31.9 Å². The van der Waals surface area contributed by atoms with Crippen molar-refractivity contribution >= 4 is 28.5 Å². The molecular formula is C15H18ClN3O2. The minimum atomic E-state index is -0.351. The minimum Gasteiger partial charge on any atom is -0.497 e. The largest absolute Gasteiger partial charge is 0.497 e. The van der Waals surface area contributed by atoms with Crippen molar-refractivity contribution in [2.45, 2.75) is 37.7 Å². The summed E-state index contributed by atoms with van der Waals surface area (Å²) in [5, 5.41) is 3.02. The lowest BCUT2D eigenvalue weighted by Gasteiger charge is -2.17. The monoisotopic (exact) mass is 307 g/mol. The number of amides is 1. The molecule has 112 valence electrons. The number of carbonyl (C=O) groups is 1. The van der Waals surface area contributed by atoms with Gasteiger partial charge in [0.2, 0.25) is 5.91 Å². The third-order valence-electron chi connectivity index (χ3n) is 3.78. The van der Waals surface area contributed by atoms with E-state index < -0.39 is 0 Å². The number of nitrogens with zero attached hydrogens (tertiary/aromatic N) is 2. The highest BCUT2D eigenvalue weighted by Gasteiger charge is 2.28. The highest BCUT2D eigenvalue weighted by atomic mass is 35.5. The van der Waals surface area contributed by atoms with Gasteiger partial charge in [0.1, 0.15) is 17.6 Å². The van der Waals surface area contributed by atoms with Crippen molar-refractivity contribution in [2.24, 2.45) is 0 Å². The molecule has 1 saturated carbocycles. The minimum absolute atomic E-state index is 0.00554. The smallest absolute Gasteiger partial charge is 0.243 e. The molecule has 3 rings (SSSR count). The van der Waals surface area contributed by atoms with Crippen LogP contribution >= 0.6 is 11.6 Å². The molecule has 5 nitrogen and oxygen atoms in total. The number of imidazole rings is 1. The molecule has 1 aromatic carbocycles. The zero-order chi connectivity index (χ0) is 15.0. The fourth-order valence-electron chi connectivity index (χ4n) is 2.44. The number of carbonyl (C=O) groups excluding carboxylic acids is 1. The molecular weight excluding hydrogens is 290 g/mol. The van der Waals surface area contributed by atoms with Crippen molar-refractivity contribution in [1.82, 2.24) is 14.9 Å². The molecule has 1 heterocycles. The lowest BCUT2D eigenvalue weighted by atomic mass is 10.2. The summed E-state index contributed by atoms with van der Waals surface area (Å²) in [5.41, 5.74) is 1.68. The van der Waals surface area contributed by atoms with Crippen molar-refractivity contribution in [3.8, 4) is 5.75 Å². The first kappa shape index (κ1) is 14.2. The van der Waals surface area contributed by atoms with Gasteiger partial charge in [-0.1, -0.05) is 0 Å². The van der Waals surface area contributed by atoms with Gasteiger partial charge < -0.3 is 14.6 Å². The first-order valence-electron chi connectivity index (χ1n) is 7.05. The first-order chi connectivity index (χ1) is 10.1. The second-order valence-electron chi connectivity index (χ2n) is 5.35. The molecule has 1 N–H and O–H groups in total. The van der Waals surface area contributed by atoms with E-state index in [9.17, 15) is 4.79 Å². The van der Waals surface area contributed by atoms with Crippen LogP contribution in [-0.2, 0) is 10.7 Å². The molecule has 1 aromatic heterocycles. The van der Waals surface area contributed by atoms with Gasteiger partial charge in [0.25, 0.3) is 0 Å². The molecule has 6 heteroatoms. The van der Waals surface area contributed by atoms with Gasteiger partial charge in [-0.2, -0.15) is 0 Å². The first-order valence-corrected chi connectivity index (χ1v) is 7.58. The number of alkyl halides is 1. The van der Waals surface area contributed by atoms with Crippen LogP contribution in [0.4, 0.5) is 0 Å². The third kappa shape index (κ3) is 2.70. The number of rotatable bonds is 5. The fourth-order valence-corrected chi connectivity index (χ4v) is 2.63. The molecule has 0 aliphatic heterocycles. The number of hydrogen-bond acceptors (Lipinski definition) is 3. The van der Waals surface area contributed by atoms with Gasteiger partial charge in [-0.25, -0.2) is 4.98 Å². The molecule has 0 spiro atoms. The van der Waals surface area contributed by atoms with E-state index in [1.54, 1.807) is 7.11 Å². The van der Waals surface area contributed by atoms with E-state index in [1.165, 1.54) is 0 Å². The number of halogens is 1. The third-order valence-corrected chi connectivity index (χ3v) is 4.02. The van der Waals surface area contributed by atoms with Crippen LogP contribution in [0.1, 0.15) is 31.6 Å². The quantitative estimate of drug-likeness (QED) is 0.864. The average Bonchev–Trinajstić information content (AvgIpc) is 3.23. The van der Waals surface area contributed by atoms with Gasteiger partial charge in [-0.3, -0.25) is 4.79 Å². The van der Waals surface area contributed by atoms with Crippen LogP contribution in [0.25, 0.3) is 11.0 Å². The van der Waals surface area contributed by atoms with E-state index in [0.29, 0.717) is 11.9 Å². The van der Waals surface area contributed by atoms with Gasteiger partial charge in [-0.15, -0.1) is 11.6 Å². The highest BCUT2D eigenvalue weighted by molar-refractivity contribution is 6.17. The summed E-state index contributed by atoms with van der Waals surface area (Å²) in [7, 11) is 1.62. The molecule has 1 aliphatic carbocycles. The van der Waals surface area contributed by atoms with Crippen LogP contribution < -0.4 is 10.1 Å². The lowest BCUT2D eigenvalue weighted by molar-refractivity contribution is -0.123. The summed E-state index contributed by atoms with van der Waals surface area (Å²) in [6.45, 7) is 1.87. The van der Waals surface area contributed by atoms with E-state index in [1.807, 2.05) is 29.7 Å². The maximum absolute atomic E-state index is 12.3. The topological polar surface area (TPSA) is 56.2 Å². The van der Waals surface area contributed by atoms with Crippen LogP contribution in [-0.4, -0.2) is 28.6 Å². The Morgan fingerprint density at radius 1 is 1.57 bits per heavy atom. The Balaban J connectivity index is 2.02. The number of benzene rings is 1. The zero-order valence-electron chi connectivity index (χ0n) is 12.1. The summed E-state index contributed by atoms with van der Waals surface area (Å²) >= 11 is 6.00. The maximum Gasteiger partial charge on any atom is 0.243 e. The number of ether oxygens (including phenoxy) is 1. The number of aromatic nitrogens is 2. The predicted octanol–water partition coefficient (Wildman–Crippen LogP) is 2.62. The molecule has 1 atom stereocenters. The van der Waals surface area contributed by atoms with Crippen molar-refractivity contribution in [2.75, 3.05) is 7.11 Å². The molecule has 1 amide bonds. The maximum atomic E-state index is 12.3. The van der Waals surface area contributed by atoms with Crippen LogP contribution in [0, 0.1) is 0 Å². The summed E-state index contributed by atoms with van der Waals surface area (Å²) < 4.78 is 7.15. The van der Waals surface area contributed by atoms with E-state index in [0.717, 1.165) is 29.6 Å². The van der Waals surface area contributed by atoms with Crippen LogP contribution in [0.5, 0.6) is 5.75 Å². The number of nitrogens with one attached hydrogen (secondary N) is 1. The Morgan fingerprint density at radius 3 is 2.95 bits per heavy atom. The van der Waals surface area contributed by atoms with E-state index in [4.69, 9.17) is 16.3 Å². The van der Waals surface area contributed by atoms with E-state index >= 15 is 0 Å². The SMILES string of the molecule is COc1ccc2nc(CCl)n(C(C)C(=O)NC3CC3)c2c1. The Bertz CT molecular complexity index is 679. The second-order valence-corrected chi connectivity index (χ2v) is 5.61. The molecule has 1 unspecified atom stereocenters. The van der Waals surface area contributed by atoms with Crippen LogP contribution in [0.2, 0.25) is 0 Å². The Hall–Kier alpha value is -1.75. The van der Waals surface area contributed by atoms with Gasteiger partial charge in [0, 0.05) is 12.1 Å². The zero-order valence-corrected chi connectivity index (χ0v) is 12.9. The molecule has 0 bridgehead atoms. The summed E-state index contributed by atoms with van der Waals surface area (Å²) in [5.74, 6) is 1.70. The lowest BCUT2D eigenvalue weighted by Crippen LogP contribution is -2.33. The number of hydrogen-bond donors (Lipinski definition) is 1. The molecule has 1 aliphatic rings. The van der Waals surface area contributed by atoms with Crippen LogP contribution in [0.3, 0.4) is 0 Å². The van der Waals surface area contributed by atoms with Gasteiger partial charge in [0.05, 0.1) is 24.0 Å². The molecule has 0 radical (unpaired) electrons. The number of methoxy groups -OCH3 is 1. The summed E-state index contributed by atoms with van der Waals surface area (Å²) in [4.78, 5) is 16.8. The second kappa shape index (κ2) is 5.56. The Labute approximate surface area is 128 Å². The molecule has 1 fully saturated rings. The average molecular weight is 308 g/mol. The molecule has 0 saturated heterocycles. The predicted molar refractivity (Wildman–Crippen MR) is 81.7 cm³/mol. The normalized spacial score (nSPS) is 16.0. The number of fused-ring (bicyclic) bond motifs is 1. The Morgan fingerprint density at radius 2 is 2.33 bits per heavy atom. The van der Waals surface area contributed by atoms with Crippen molar-refractivity contribution in [3.05, 3.63) is 24.0 Å².